The number of phenols is 1. The molecule has 0 spiro atoms. The molecule has 3 aromatic carbocycles. The normalized spacial score (nSPS) is 13.4. The summed E-state index contributed by atoms with van der Waals surface area (Å²) in [6.45, 7) is 19.8. The van der Waals surface area contributed by atoms with Gasteiger partial charge in [0.05, 0.1) is 5.56 Å². The van der Waals surface area contributed by atoms with Gasteiger partial charge in [0.15, 0.2) is 0 Å². The van der Waals surface area contributed by atoms with Crippen LogP contribution in [0.1, 0.15) is 154 Å². The number of ether oxygens (including phenoxy) is 1. The molecule has 0 saturated heterocycles. The molecule has 0 unspecified atom stereocenters. The van der Waals surface area contributed by atoms with Crippen molar-refractivity contribution in [3.05, 3.63) is 153 Å². The van der Waals surface area contributed by atoms with Crippen molar-refractivity contribution in [1.29, 1.82) is 0 Å². The summed E-state index contributed by atoms with van der Waals surface area (Å²) in [5.41, 5.74) is 12.2. The SMILES string of the molecule is CC(C)=CCC/C(C)=C/CC/C(C)=C/CC/C(C)=C/CC/C(C)=C/CC/C(C)=C/CC/C(C)=C/Cc1c(C)c(OC(=O)c2ccccc2)c2ccccc2c1O. The van der Waals surface area contributed by atoms with Crippen LogP contribution in [0.3, 0.4) is 0 Å². The molecule has 0 radical (unpaired) electrons. The van der Waals surface area contributed by atoms with Gasteiger partial charge in [-0.2, -0.15) is 0 Å². The Morgan fingerprint density at radius 3 is 1.32 bits per heavy atom. The number of aromatic hydroxyl groups is 1. The third-order valence-electron chi connectivity index (χ3n) is 10.6. The third kappa shape index (κ3) is 16.6. The van der Waals surface area contributed by atoms with Crippen LogP contribution in [-0.2, 0) is 6.42 Å². The van der Waals surface area contributed by atoms with E-state index in [9.17, 15) is 9.90 Å². The third-order valence-corrected chi connectivity index (χ3v) is 10.6. The summed E-state index contributed by atoms with van der Waals surface area (Å²) in [5, 5.41) is 12.7. The molecule has 0 amide bonds. The predicted molar refractivity (Wildman–Crippen MR) is 243 cm³/mol. The lowest BCUT2D eigenvalue weighted by atomic mass is 9.95. The molecule has 1 N–H and O–H groups in total. The van der Waals surface area contributed by atoms with Crippen LogP contribution in [-0.4, -0.2) is 11.1 Å². The van der Waals surface area contributed by atoms with E-state index < -0.39 is 5.97 Å². The van der Waals surface area contributed by atoms with Crippen LogP contribution in [0.25, 0.3) is 10.8 Å². The Bertz CT molecular complexity index is 1940. The predicted octanol–water partition coefficient (Wildman–Crippen LogP) is 15.9. The summed E-state index contributed by atoms with van der Waals surface area (Å²) in [4.78, 5) is 13.0. The van der Waals surface area contributed by atoms with E-state index in [4.69, 9.17) is 4.74 Å². The van der Waals surface area contributed by atoms with Crippen LogP contribution < -0.4 is 4.74 Å². The monoisotopic (exact) mass is 755 g/mol. The first-order chi connectivity index (χ1) is 26.8. The van der Waals surface area contributed by atoms with Gasteiger partial charge in [-0.3, -0.25) is 0 Å². The molecule has 56 heavy (non-hydrogen) atoms. The molecule has 0 heterocycles. The molecular weight excluding hydrogens is 685 g/mol. The van der Waals surface area contributed by atoms with Crippen LogP contribution in [0.4, 0.5) is 0 Å². The van der Waals surface area contributed by atoms with Gasteiger partial charge in [-0.1, -0.05) is 124 Å². The quantitative estimate of drug-likeness (QED) is 0.0631. The van der Waals surface area contributed by atoms with Crippen molar-refractivity contribution in [1.82, 2.24) is 0 Å². The molecule has 0 aliphatic carbocycles. The van der Waals surface area contributed by atoms with Crippen molar-refractivity contribution in [2.45, 2.75) is 146 Å². The highest BCUT2D eigenvalue weighted by Crippen LogP contribution is 2.40. The average Bonchev–Trinajstić information content (AvgIpc) is 3.16. The van der Waals surface area contributed by atoms with Crippen LogP contribution in [0, 0.1) is 6.92 Å². The summed E-state index contributed by atoms with van der Waals surface area (Å²) < 4.78 is 5.97. The molecule has 0 atom stereocenters. The maximum absolute atomic E-state index is 13.0. The fraction of sp³-hybridized carbons (Fsp3) is 0.415. The van der Waals surface area contributed by atoms with Gasteiger partial charge < -0.3 is 9.84 Å². The van der Waals surface area contributed by atoms with Crippen molar-refractivity contribution in [2.75, 3.05) is 0 Å². The smallest absolute Gasteiger partial charge is 0.343 e. The molecule has 300 valence electrons. The Hall–Kier alpha value is -4.63. The number of rotatable bonds is 22. The summed E-state index contributed by atoms with van der Waals surface area (Å²) >= 11 is 0. The largest absolute Gasteiger partial charge is 0.507 e. The average molecular weight is 755 g/mol. The minimum Gasteiger partial charge on any atom is -0.507 e. The zero-order chi connectivity index (χ0) is 40.9. The Morgan fingerprint density at radius 2 is 0.893 bits per heavy atom. The lowest BCUT2D eigenvalue weighted by Crippen LogP contribution is -2.10. The van der Waals surface area contributed by atoms with Gasteiger partial charge in [-0.25, -0.2) is 4.79 Å². The van der Waals surface area contributed by atoms with E-state index in [1.54, 1.807) is 12.1 Å². The van der Waals surface area contributed by atoms with E-state index in [0.29, 0.717) is 23.1 Å². The summed E-state index contributed by atoms with van der Waals surface area (Å²) in [5.74, 6) is 0.353. The second-order valence-electron chi connectivity index (χ2n) is 16.1. The topological polar surface area (TPSA) is 46.5 Å². The lowest BCUT2D eigenvalue weighted by Gasteiger charge is -2.17. The molecule has 3 rings (SSSR count). The number of allylic oxidation sites excluding steroid dienone is 14. The van der Waals surface area contributed by atoms with Crippen molar-refractivity contribution >= 4 is 16.7 Å². The van der Waals surface area contributed by atoms with Crippen LogP contribution in [0.15, 0.2) is 136 Å². The highest BCUT2D eigenvalue weighted by Gasteiger charge is 2.20. The number of benzene rings is 3. The van der Waals surface area contributed by atoms with E-state index in [0.717, 1.165) is 87.1 Å². The summed E-state index contributed by atoms with van der Waals surface area (Å²) in [6, 6.07) is 16.6. The number of carbonyl (C=O) groups is 1. The van der Waals surface area contributed by atoms with Crippen molar-refractivity contribution in [3.63, 3.8) is 0 Å². The molecule has 3 nitrogen and oxygen atoms in total. The highest BCUT2D eigenvalue weighted by molar-refractivity contribution is 5.99. The molecule has 0 fully saturated rings. The highest BCUT2D eigenvalue weighted by atomic mass is 16.5. The second kappa shape index (κ2) is 24.8. The molecular formula is C53H70O3. The maximum atomic E-state index is 13.0. The van der Waals surface area contributed by atoms with Crippen molar-refractivity contribution in [3.8, 4) is 11.5 Å². The van der Waals surface area contributed by atoms with E-state index in [2.05, 4.69) is 97.9 Å². The van der Waals surface area contributed by atoms with E-state index in [1.165, 1.54) is 45.4 Å². The first-order valence-electron chi connectivity index (χ1n) is 20.9. The molecule has 0 aliphatic heterocycles. The van der Waals surface area contributed by atoms with Gasteiger partial charge in [0.1, 0.15) is 11.5 Å². The van der Waals surface area contributed by atoms with Crippen molar-refractivity contribution < 1.29 is 14.6 Å². The summed E-state index contributed by atoms with van der Waals surface area (Å²) in [6.07, 6.45) is 30.4. The molecule has 3 heteroatoms. The molecule has 0 bridgehead atoms. The fourth-order valence-corrected chi connectivity index (χ4v) is 6.88. The van der Waals surface area contributed by atoms with Crippen LogP contribution in [0.5, 0.6) is 11.5 Å². The molecule has 0 saturated carbocycles. The number of hydrogen-bond acceptors (Lipinski definition) is 3. The molecule has 0 aromatic heterocycles. The van der Waals surface area contributed by atoms with Gasteiger partial charge in [0, 0.05) is 16.3 Å². The molecule has 0 aliphatic rings. The Labute approximate surface area is 340 Å². The lowest BCUT2D eigenvalue weighted by molar-refractivity contribution is 0.0735. The van der Waals surface area contributed by atoms with E-state index >= 15 is 0 Å². The maximum Gasteiger partial charge on any atom is 0.343 e. The summed E-state index contributed by atoms with van der Waals surface area (Å²) in [7, 11) is 0. The second-order valence-corrected chi connectivity index (χ2v) is 16.1. The van der Waals surface area contributed by atoms with Gasteiger partial charge in [-0.15, -0.1) is 0 Å². The first-order valence-corrected chi connectivity index (χ1v) is 20.9. The van der Waals surface area contributed by atoms with E-state index in [-0.39, 0.29) is 5.75 Å². The Kier molecular flexibility index (Phi) is 20.3. The van der Waals surface area contributed by atoms with Gasteiger partial charge in [0.2, 0.25) is 0 Å². The van der Waals surface area contributed by atoms with E-state index in [1.807, 2.05) is 49.4 Å². The van der Waals surface area contributed by atoms with Crippen LogP contribution in [0.2, 0.25) is 0 Å². The zero-order valence-corrected chi connectivity index (χ0v) is 36.2. The Balaban J connectivity index is 1.41. The zero-order valence-electron chi connectivity index (χ0n) is 36.2. The Morgan fingerprint density at radius 1 is 0.518 bits per heavy atom. The van der Waals surface area contributed by atoms with Crippen molar-refractivity contribution in [2.24, 2.45) is 0 Å². The van der Waals surface area contributed by atoms with Gasteiger partial charge in [-0.05, 0) is 163 Å². The number of carbonyl (C=O) groups excluding carboxylic acids is 1. The number of fused-ring (bicyclic) bond motifs is 1. The fourth-order valence-electron chi connectivity index (χ4n) is 6.88. The van der Waals surface area contributed by atoms with Crippen LogP contribution >= 0.6 is 0 Å². The standard InChI is InChI=1S/C53H70O3/c1-39(2)21-15-22-40(3)23-16-24-41(4)25-17-26-42(5)27-18-28-43(6)29-19-30-44(7)31-20-32-45(8)37-38-48-46(9)52(50-36-14-13-35-49(50)51(48)54)56-53(55)47-33-11-10-12-34-47/h10-14,21,23,25,27,29,31,33-37,54H,15-20,22,24,26,28,30,32,38H2,1-9H3/b40-23+,41-25+,42-27+,43-29+,44-31+,45-37+. The van der Waals surface area contributed by atoms with Gasteiger partial charge >= 0.3 is 5.97 Å². The number of esters is 1. The van der Waals surface area contributed by atoms with Gasteiger partial charge in [0.25, 0.3) is 0 Å². The number of hydrogen-bond donors (Lipinski definition) is 1. The minimum atomic E-state index is -0.405. The minimum absolute atomic E-state index is 0.251. The molecule has 3 aromatic rings. The first kappa shape index (κ1) is 45.8. The number of phenolic OH excluding ortho intramolecular Hbond substituents is 1.